The summed E-state index contributed by atoms with van der Waals surface area (Å²) in [4.78, 5) is 0. The van der Waals surface area contributed by atoms with Crippen molar-refractivity contribution in [1.82, 2.24) is 3.97 Å². The van der Waals surface area contributed by atoms with E-state index in [9.17, 15) is 8.42 Å². The molecule has 0 amide bonds. The van der Waals surface area contributed by atoms with Gasteiger partial charge < -0.3 is 11.5 Å². The maximum absolute atomic E-state index is 13.7. The van der Waals surface area contributed by atoms with Crippen molar-refractivity contribution >= 4 is 65.6 Å². The van der Waals surface area contributed by atoms with Crippen LogP contribution in [-0.2, 0) is 10.0 Å². The normalized spacial score (nSPS) is 12.6. The quantitative estimate of drug-likeness (QED) is 0.272. The Kier molecular flexibility index (Phi) is 5.05. The number of thiophene rings is 1. The number of hydrogen-bond donors (Lipinski definition) is 2. The molecule has 0 aliphatic rings. The first-order valence-electron chi connectivity index (χ1n) is 8.88. The molecule has 0 unspecified atom stereocenters. The van der Waals surface area contributed by atoms with Crippen molar-refractivity contribution in [3.8, 4) is 0 Å². The van der Waals surface area contributed by atoms with Crippen molar-refractivity contribution in [2.45, 2.75) is 18.1 Å². The van der Waals surface area contributed by atoms with Gasteiger partial charge in [0.1, 0.15) is 4.21 Å². The Balaban J connectivity index is 1.97. The molecule has 0 bridgehead atoms. The van der Waals surface area contributed by atoms with E-state index in [4.69, 9.17) is 23.1 Å². The maximum atomic E-state index is 13.7. The summed E-state index contributed by atoms with van der Waals surface area (Å²) in [5, 5.41) is 9.81. The molecule has 0 saturated heterocycles. The summed E-state index contributed by atoms with van der Waals surface area (Å²) in [7, 11) is -3.86. The second kappa shape index (κ2) is 7.42. The topological polar surface area (TPSA) is 116 Å². The molecule has 2 aromatic carbocycles. The molecule has 0 aliphatic carbocycles. The van der Waals surface area contributed by atoms with Crippen molar-refractivity contribution in [3.05, 3.63) is 64.8 Å². The predicted octanol–water partition coefficient (Wildman–Crippen LogP) is 4.05. The van der Waals surface area contributed by atoms with Crippen LogP contribution in [0.15, 0.2) is 63.1 Å². The molecule has 0 spiro atoms. The zero-order chi connectivity index (χ0) is 21.6. The van der Waals surface area contributed by atoms with Crippen LogP contribution in [0.25, 0.3) is 21.0 Å². The van der Waals surface area contributed by atoms with Gasteiger partial charge in [-0.15, -0.1) is 16.4 Å². The molecule has 0 aliphatic heterocycles. The van der Waals surface area contributed by atoms with E-state index in [1.165, 1.54) is 15.3 Å². The van der Waals surface area contributed by atoms with Crippen LogP contribution in [-0.4, -0.2) is 24.1 Å². The summed E-state index contributed by atoms with van der Waals surface area (Å²) >= 11 is 7.33. The Labute approximate surface area is 182 Å². The lowest BCUT2D eigenvalue weighted by atomic mass is 10.1. The number of halogens is 1. The second-order valence-corrected chi connectivity index (χ2v) is 10.2. The lowest BCUT2D eigenvalue weighted by molar-refractivity contribution is 0.591. The highest BCUT2D eigenvalue weighted by atomic mass is 35.5. The van der Waals surface area contributed by atoms with E-state index in [0.29, 0.717) is 27.4 Å². The maximum Gasteiger partial charge on any atom is 0.277 e. The summed E-state index contributed by atoms with van der Waals surface area (Å²) in [5.74, 6) is -0.176. The van der Waals surface area contributed by atoms with Crippen molar-refractivity contribution in [2.75, 3.05) is 0 Å². The van der Waals surface area contributed by atoms with E-state index in [2.05, 4.69) is 10.2 Å². The number of benzene rings is 2. The van der Waals surface area contributed by atoms with Gasteiger partial charge in [0.25, 0.3) is 10.0 Å². The third-order valence-corrected chi connectivity index (χ3v) is 8.51. The van der Waals surface area contributed by atoms with Crippen molar-refractivity contribution in [1.29, 1.82) is 0 Å². The number of aryl methyl sites for hydroxylation is 1. The highest BCUT2D eigenvalue weighted by Crippen LogP contribution is 2.38. The molecule has 4 N–H and O–H groups in total. The molecule has 4 rings (SSSR count). The molecule has 154 valence electrons. The minimum atomic E-state index is -3.86. The van der Waals surface area contributed by atoms with E-state index in [-0.39, 0.29) is 10.2 Å². The van der Waals surface area contributed by atoms with Crippen LogP contribution in [0.2, 0.25) is 5.02 Å². The number of para-hydroxylation sites is 1. The fourth-order valence-corrected chi connectivity index (χ4v) is 6.69. The summed E-state index contributed by atoms with van der Waals surface area (Å²) in [6, 6.07) is 12.6. The zero-order valence-electron chi connectivity index (χ0n) is 16.1. The van der Waals surface area contributed by atoms with Crippen molar-refractivity contribution in [2.24, 2.45) is 21.7 Å². The van der Waals surface area contributed by atoms with Gasteiger partial charge in [-0.1, -0.05) is 29.8 Å². The Morgan fingerprint density at radius 2 is 1.83 bits per heavy atom. The smallest absolute Gasteiger partial charge is 0.277 e. The Hall–Kier alpha value is -2.88. The minimum Gasteiger partial charge on any atom is -0.369 e. The van der Waals surface area contributed by atoms with Crippen LogP contribution in [0.4, 0.5) is 0 Å². The number of guanidine groups is 1. The molecular formula is C20H18ClN5O2S2. The third kappa shape index (κ3) is 3.34. The number of nitrogens with two attached hydrogens (primary N) is 2. The van der Waals surface area contributed by atoms with Crippen LogP contribution in [0.5, 0.6) is 0 Å². The molecule has 2 heterocycles. The number of nitrogens with zero attached hydrogens (tertiary/aromatic N) is 3. The van der Waals surface area contributed by atoms with Crippen LogP contribution < -0.4 is 11.5 Å². The predicted molar refractivity (Wildman–Crippen MR) is 124 cm³/mol. The molecule has 0 atom stereocenters. The summed E-state index contributed by atoms with van der Waals surface area (Å²) in [5.41, 5.74) is 13.0. The third-order valence-electron chi connectivity index (χ3n) is 4.73. The highest BCUT2D eigenvalue weighted by molar-refractivity contribution is 7.92. The largest absolute Gasteiger partial charge is 0.369 e. The van der Waals surface area contributed by atoms with E-state index in [1.54, 1.807) is 44.3 Å². The standard InChI is InChI=1S/C20H18ClN5O2S2/c1-11-15-9-13(21)7-8-18(15)29-19(11)30(27,28)26-10-16(12(2)24-25-20(22)23)14-5-3-4-6-17(14)26/h3-10H,1-2H3,(H4,22,23,25). The van der Waals surface area contributed by atoms with Gasteiger partial charge in [-0.25, -0.2) is 3.97 Å². The Morgan fingerprint density at radius 3 is 2.57 bits per heavy atom. The number of fused-ring (bicyclic) bond motifs is 2. The van der Waals surface area contributed by atoms with Crippen LogP contribution >= 0.6 is 22.9 Å². The van der Waals surface area contributed by atoms with Gasteiger partial charge in [0.05, 0.1) is 11.2 Å². The van der Waals surface area contributed by atoms with E-state index >= 15 is 0 Å². The number of rotatable bonds is 4. The van der Waals surface area contributed by atoms with Crippen LogP contribution in [0, 0.1) is 6.92 Å². The molecule has 2 aromatic heterocycles. The van der Waals surface area contributed by atoms with Crippen molar-refractivity contribution in [3.63, 3.8) is 0 Å². The molecule has 10 heteroatoms. The number of aromatic nitrogens is 1. The van der Waals surface area contributed by atoms with Crippen LogP contribution in [0.3, 0.4) is 0 Å². The molecule has 30 heavy (non-hydrogen) atoms. The number of hydrogen-bond acceptors (Lipinski definition) is 5. The lowest BCUT2D eigenvalue weighted by Gasteiger charge is -2.06. The van der Waals surface area contributed by atoms with Gasteiger partial charge in [-0.3, -0.25) is 0 Å². The molecule has 0 fully saturated rings. The molecular weight excluding hydrogens is 442 g/mol. The summed E-state index contributed by atoms with van der Waals surface area (Å²) in [6.45, 7) is 3.51. The van der Waals surface area contributed by atoms with E-state index < -0.39 is 10.0 Å². The fourth-order valence-electron chi connectivity index (χ4n) is 3.33. The van der Waals surface area contributed by atoms with Crippen molar-refractivity contribution < 1.29 is 8.42 Å². The first kappa shape index (κ1) is 20.4. The monoisotopic (exact) mass is 459 g/mol. The average Bonchev–Trinajstić information content (AvgIpc) is 3.25. The van der Waals surface area contributed by atoms with Gasteiger partial charge in [0.15, 0.2) is 0 Å². The Morgan fingerprint density at radius 1 is 1.10 bits per heavy atom. The fraction of sp³-hybridized carbons (Fsp3) is 0.100. The zero-order valence-corrected chi connectivity index (χ0v) is 18.5. The second-order valence-electron chi connectivity index (χ2n) is 6.73. The van der Waals surface area contributed by atoms with Gasteiger partial charge in [-0.05, 0) is 49.1 Å². The lowest BCUT2D eigenvalue weighted by Crippen LogP contribution is -2.22. The molecule has 4 aromatic rings. The van der Waals surface area contributed by atoms with Gasteiger partial charge in [-0.2, -0.15) is 13.5 Å². The van der Waals surface area contributed by atoms with Gasteiger partial charge in [0, 0.05) is 26.9 Å². The average molecular weight is 460 g/mol. The summed E-state index contributed by atoms with van der Waals surface area (Å²) < 4.78 is 29.7. The SMILES string of the molecule is CC(=NN=C(N)N)c1cn(S(=O)(=O)c2sc3ccc(Cl)cc3c2C)c2ccccc12. The first-order chi connectivity index (χ1) is 14.2. The molecule has 0 saturated carbocycles. The van der Waals surface area contributed by atoms with Crippen LogP contribution in [0.1, 0.15) is 18.1 Å². The van der Waals surface area contributed by atoms with E-state index in [1.807, 2.05) is 18.2 Å². The molecule has 7 nitrogen and oxygen atoms in total. The minimum absolute atomic E-state index is 0.176. The first-order valence-corrected chi connectivity index (χ1v) is 11.5. The molecule has 0 radical (unpaired) electrons. The summed E-state index contributed by atoms with van der Waals surface area (Å²) in [6.07, 6.45) is 1.55. The van der Waals surface area contributed by atoms with Gasteiger partial charge in [0.2, 0.25) is 5.96 Å². The highest BCUT2D eigenvalue weighted by Gasteiger charge is 2.26. The van der Waals surface area contributed by atoms with E-state index in [0.717, 1.165) is 15.5 Å². The van der Waals surface area contributed by atoms with Gasteiger partial charge >= 0.3 is 0 Å². The Bertz CT molecular complexity index is 1460.